The van der Waals surface area contributed by atoms with Crippen molar-refractivity contribution in [2.75, 3.05) is 17.7 Å². The van der Waals surface area contributed by atoms with Crippen LogP contribution in [-0.2, 0) is 6.54 Å². The number of hydrogen-bond acceptors (Lipinski definition) is 6. The molecule has 0 bridgehead atoms. The van der Waals surface area contributed by atoms with Gasteiger partial charge in [-0.2, -0.15) is 0 Å². The number of urea groups is 1. The second kappa shape index (κ2) is 7.21. The number of aromatic nitrogens is 2. The molecule has 3 aromatic rings. The van der Waals surface area contributed by atoms with Crippen LogP contribution in [0.5, 0.6) is 0 Å². The van der Waals surface area contributed by atoms with Crippen LogP contribution < -0.4 is 16.0 Å². The monoisotopic (exact) mass is 345 g/mol. The molecule has 0 aliphatic rings. The number of nitrogens with zero attached hydrogens (tertiary/aromatic N) is 2. The Hall–Kier alpha value is -2.45. The fraction of sp³-hybridized carbons (Fsp3) is 0.133. The highest BCUT2D eigenvalue weighted by Crippen LogP contribution is 2.23. The Morgan fingerprint density at radius 2 is 2.04 bits per heavy atom. The number of benzene rings is 1. The smallest absolute Gasteiger partial charge is 0.319 e. The van der Waals surface area contributed by atoms with E-state index < -0.39 is 0 Å². The number of thiazole rings is 2. The van der Waals surface area contributed by atoms with E-state index in [9.17, 15) is 4.79 Å². The van der Waals surface area contributed by atoms with E-state index in [4.69, 9.17) is 0 Å². The van der Waals surface area contributed by atoms with E-state index in [0.717, 1.165) is 27.1 Å². The highest BCUT2D eigenvalue weighted by molar-refractivity contribution is 7.13. The third-order valence-electron chi connectivity index (χ3n) is 3.02. The highest BCUT2D eigenvalue weighted by atomic mass is 32.1. The van der Waals surface area contributed by atoms with Gasteiger partial charge in [0.1, 0.15) is 5.01 Å². The van der Waals surface area contributed by atoms with Crippen LogP contribution in [0.3, 0.4) is 0 Å². The van der Waals surface area contributed by atoms with Crippen LogP contribution in [0.25, 0.3) is 10.6 Å². The number of hydrogen-bond donors (Lipinski definition) is 3. The van der Waals surface area contributed by atoms with E-state index in [1.807, 2.05) is 42.1 Å². The fourth-order valence-corrected chi connectivity index (χ4v) is 3.23. The van der Waals surface area contributed by atoms with Crippen molar-refractivity contribution in [1.29, 1.82) is 0 Å². The molecule has 0 radical (unpaired) electrons. The normalized spacial score (nSPS) is 10.3. The van der Waals surface area contributed by atoms with Crippen molar-refractivity contribution in [1.82, 2.24) is 15.3 Å². The van der Waals surface area contributed by atoms with Gasteiger partial charge in [-0.1, -0.05) is 0 Å². The van der Waals surface area contributed by atoms with Gasteiger partial charge in [0.25, 0.3) is 0 Å². The van der Waals surface area contributed by atoms with Crippen molar-refractivity contribution >= 4 is 39.5 Å². The molecule has 3 N–H and O–H groups in total. The van der Waals surface area contributed by atoms with Gasteiger partial charge in [0.05, 0.1) is 12.2 Å². The molecule has 2 amide bonds. The van der Waals surface area contributed by atoms with Crippen molar-refractivity contribution in [3.8, 4) is 10.6 Å². The lowest BCUT2D eigenvalue weighted by Gasteiger charge is -2.07. The molecule has 0 aliphatic carbocycles. The maximum atomic E-state index is 11.9. The first-order valence-corrected chi connectivity index (χ1v) is 8.67. The molecule has 6 nitrogen and oxygen atoms in total. The van der Waals surface area contributed by atoms with Gasteiger partial charge >= 0.3 is 6.03 Å². The van der Waals surface area contributed by atoms with Crippen molar-refractivity contribution in [2.24, 2.45) is 0 Å². The van der Waals surface area contributed by atoms with Gasteiger partial charge in [0.15, 0.2) is 5.13 Å². The van der Waals surface area contributed by atoms with Crippen molar-refractivity contribution in [2.45, 2.75) is 6.54 Å². The van der Waals surface area contributed by atoms with Gasteiger partial charge in [-0.3, -0.25) is 0 Å². The number of carbonyl (C=O) groups excluding carboxylic acids is 1. The third kappa shape index (κ3) is 4.05. The fourth-order valence-electron chi connectivity index (χ4n) is 1.91. The Morgan fingerprint density at radius 1 is 1.22 bits per heavy atom. The topological polar surface area (TPSA) is 78.9 Å². The van der Waals surface area contributed by atoms with E-state index in [0.29, 0.717) is 6.54 Å². The number of carbonyl (C=O) groups is 1. The van der Waals surface area contributed by atoms with E-state index in [1.54, 1.807) is 17.5 Å². The lowest BCUT2D eigenvalue weighted by Crippen LogP contribution is -2.28. The molecule has 2 heterocycles. The average Bonchev–Trinajstić information content (AvgIpc) is 3.25. The lowest BCUT2D eigenvalue weighted by atomic mass is 10.2. The van der Waals surface area contributed by atoms with Gasteiger partial charge in [0, 0.05) is 35.3 Å². The van der Waals surface area contributed by atoms with Gasteiger partial charge in [-0.25, -0.2) is 14.8 Å². The summed E-state index contributed by atoms with van der Waals surface area (Å²) < 4.78 is 0. The molecule has 0 saturated carbocycles. The zero-order chi connectivity index (χ0) is 16.1. The summed E-state index contributed by atoms with van der Waals surface area (Å²) in [7, 11) is 1.82. The van der Waals surface area contributed by atoms with E-state index in [-0.39, 0.29) is 6.03 Å². The summed E-state index contributed by atoms with van der Waals surface area (Å²) in [5, 5.41) is 14.2. The maximum Gasteiger partial charge on any atom is 0.319 e. The largest absolute Gasteiger partial charge is 0.365 e. The number of amides is 2. The molecule has 1 aromatic carbocycles. The van der Waals surface area contributed by atoms with E-state index in [2.05, 4.69) is 25.9 Å². The van der Waals surface area contributed by atoms with Gasteiger partial charge in [0.2, 0.25) is 0 Å². The van der Waals surface area contributed by atoms with Crippen LogP contribution in [0.4, 0.5) is 15.6 Å². The molecule has 0 unspecified atom stereocenters. The van der Waals surface area contributed by atoms with Crippen LogP contribution in [0, 0.1) is 0 Å². The Bertz CT molecular complexity index is 768. The maximum absolute atomic E-state index is 11.9. The van der Waals surface area contributed by atoms with Gasteiger partial charge in [-0.15, -0.1) is 22.7 Å². The molecule has 0 atom stereocenters. The molecular formula is C15H15N5OS2. The minimum Gasteiger partial charge on any atom is -0.365 e. The second-order valence-electron chi connectivity index (χ2n) is 4.62. The highest BCUT2D eigenvalue weighted by Gasteiger charge is 2.05. The summed E-state index contributed by atoms with van der Waals surface area (Å²) in [6, 6.07) is 7.34. The van der Waals surface area contributed by atoms with Crippen LogP contribution >= 0.6 is 22.7 Å². The Labute approximate surface area is 141 Å². The van der Waals surface area contributed by atoms with Crippen molar-refractivity contribution < 1.29 is 4.79 Å². The Balaban J connectivity index is 1.53. The number of nitrogens with one attached hydrogen (secondary N) is 3. The summed E-state index contributed by atoms with van der Waals surface area (Å²) in [5.74, 6) is 0. The van der Waals surface area contributed by atoms with Crippen molar-refractivity contribution in [3.05, 3.63) is 46.9 Å². The second-order valence-corrected chi connectivity index (χ2v) is 6.37. The quantitative estimate of drug-likeness (QED) is 0.660. The van der Waals surface area contributed by atoms with Crippen LogP contribution in [0.1, 0.15) is 5.69 Å². The summed E-state index contributed by atoms with van der Waals surface area (Å²) in [5.41, 5.74) is 2.60. The number of rotatable bonds is 5. The summed E-state index contributed by atoms with van der Waals surface area (Å²) in [6.45, 7) is 0.390. The van der Waals surface area contributed by atoms with E-state index in [1.165, 1.54) is 11.3 Å². The van der Waals surface area contributed by atoms with Crippen LogP contribution in [0.15, 0.2) is 41.2 Å². The third-order valence-corrected chi connectivity index (χ3v) is 4.75. The molecule has 2 aromatic heterocycles. The first kappa shape index (κ1) is 15.4. The minimum absolute atomic E-state index is 0.258. The lowest BCUT2D eigenvalue weighted by molar-refractivity contribution is 0.251. The first-order valence-electron chi connectivity index (χ1n) is 6.91. The molecule has 118 valence electrons. The van der Waals surface area contributed by atoms with Gasteiger partial charge < -0.3 is 16.0 Å². The van der Waals surface area contributed by atoms with Gasteiger partial charge in [-0.05, 0) is 24.3 Å². The Morgan fingerprint density at radius 3 is 2.70 bits per heavy atom. The minimum atomic E-state index is -0.258. The zero-order valence-corrected chi connectivity index (χ0v) is 14.0. The molecule has 0 spiro atoms. The zero-order valence-electron chi connectivity index (χ0n) is 12.4. The summed E-state index contributed by atoms with van der Waals surface area (Å²) >= 11 is 3.09. The SMILES string of the molecule is CNc1nc(CNC(=O)Nc2ccc(-c3nccs3)cc2)cs1. The Kier molecular flexibility index (Phi) is 4.84. The predicted octanol–water partition coefficient (Wildman–Crippen LogP) is 3.63. The molecule has 8 heteroatoms. The van der Waals surface area contributed by atoms with E-state index >= 15 is 0 Å². The predicted molar refractivity (Wildman–Crippen MR) is 95.1 cm³/mol. The standard InChI is InChI=1S/C15H15N5OS2/c1-16-15-20-12(9-23-15)8-18-14(21)19-11-4-2-10(3-5-11)13-17-6-7-22-13/h2-7,9H,8H2,1H3,(H,16,20)(H2,18,19,21). The summed E-state index contributed by atoms with van der Waals surface area (Å²) in [6.07, 6.45) is 1.78. The molecule has 0 saturated heterocycles. The summed E-state index contributed by atoms with van der Waals surface area (Å²) in [4.78, 5) is 20.5. The first-order chi connectivity index (χ1) is 11.2. The molecule has 23 heavy (non-hydrogen) atoms. The van der Waals surface area contributed by atoms with Crippen LogP contribution in [0.2, 0.25) is 0 Å². The van der Waals surface area contributed by atoms with Crippen LogP contribution in [-0.4, -0.2) is 23.0 Å². The molecule has 0 fully saturated rings. The average molecular weight is 345 g/mol. The van der Waals surface area contributed by atoms with Crippen molar-refractivity contribution in [3.63, 3.8) is 0 Å². The molecule has 0 aliphatic heterocycles. The molecule has 3 rings (SSSR count). The number of anilines is 2. The molecular weight excluding hydrogens is 330 g/mol.